The number of hydrogen-bond donors (Lipinski definition) is 1. The van der Waals surface area contributed by atoms with Gasteiger partial charge in [-0.25, -0.2) is 4.39 Å². The van der Waals surface area contributed by atoms with Crippen molar-refractivity contribution in [3.8, 4) is 11.8 Å². The SMILES string of the molecule is COc1nc(OCC(F)(F)C(F)(F)C(F)(F)F)c(F)cc1CN(C)C(=O)C1CCCN1.Cl. The number of halogens is 9. The number of pyridine rings is 1. The molecular weight excluding hydrogens is 482 g/mol. The fourth-order valence-corrected chi connectivity index (χ4v) is 2.84. The molecule has 2 rings (SSSR count). The van der Waals surface area contributed by atoms with Crippen molar-refractivity contribution in [1.29, 1.82) is 0 Å². The lowest BCUT2D eigenvalue weighted by Gasteiger charge is -2.28. The van der Waals surface area contributed by atoms with E-state index in [0.29, 0.717) is 19.0 Å². The van der Waals surface area contributed by atoms with E-state index in [4.69, 9.17) is 4.74 Å². The Bertz CT molecular complexity index is 804. The van der Waals surface area contributed by atoms with Crippen LogP contribution in [0.25, 0.3) is 0 Å². The number of amides is 1. The first-order valence-electron chi connectivity index (χ1n) is 8.88. The monoisotopic (exact) mass is 501 g/mol. The summed E-state index contributed by atoms with van der Waals surface area (Å²) in [6, 6.07) is 0.279. The Morgan fingerprint density at radius 1 is 1.22 bits per heavy atom. The lowest BCUT2D eigenvalue weighted by atomic mass is 10.1. The Kier molecular flexibility index (Phi) is 8.94. The zero-order valence-corrected chi connectivity index (χ0v) is 17.6. The lowest BCUT2D eigenvalue weighted by Crippen LogP contribution is -2.54. The van der Waals surface area contributed by atoms with Gasteiger partial charge >= 0.3 is 18.0 Å². The average Bonchev–Trinajstić information content (AvgIpc) is 3.20. The first-order chi connectivity index (χ1) is 14.2. The molecule has 2 heterocycles. The number of ether oxygens (including phenoxy) is 2. The van der Waals surface area contributed by atoms with Crippen molar-refractivity contribution >= 4 is 18.3 Å². The molecule has 1 aliphatic heterocycles. The molecule has 32 heavy (non-hydrogen) atoms. The van der Waals surface area contributed by atoms with Crippen molar-refractivity contribution in [2.45, 2.75) is 43.4 Å². The third-order valence-corrected chi connectivity index (χ3v) is 4.52. The van der Waals surface area contributed by atoms with E-state index in [-0.39, 0.29) is 36.3 Å². The van der Waals surface area contributed by atoms with Crippen LogP contribution in [-0.2, 0) is 11.3 Å². The second kappa shape index (κ2) is 10.2. The van der Waals surface area contributed by atoms with E-state index in [2.05, 4.69) is 15.0 Å². The number of likely N-dealkylation sites (N-methyl/N-ethyl adjacent to an activating group) is 1. The minimum atomic E-state index is -6.54. The van der Waals surface area contributed by atoms with Crippen LogP contribution in [0.4, 0.5) is 35.1 Å². The molecule has 184 valence electrons. The molecule has 0 aromatic carbocycles. The quantitative estimate of drug-likeness (QED) is 0.552. The van der Waals surface area contributed by atoms with Crippen molar-refractivity contribution in [3.63, 3.8) is 0 Å². The predicted octanol–water partition coefficient (Wildman–Crippen LogP) is 3.57. The van der Waals surface area contributed by atoms with Crippen LogP contribution in [0, 0.1) is 5.82 Å². The van der Waals surface area contributed by atoms with Crippen LogP contribution in [0.1, 0.15) is 18.4 Å². The standard InChI is InChI=1S/C17H19F8N3O3.ClH/c1-28(14(29)11-4-3-5-26-11)7-9-6-10(18)13(27-12(9)30-2)31-8-15(19,20)16(21,22)17(23,24)25;/h6,11,26H,3-5,7-8H2,1-2H3;1H. The van der Waals surface area contributed by atoms with Gasteiger partial charge in [0, 0.05) is 12.6 Å². The number of rotatable bonds is 8. The minimum Gasteiger partial charge on any atom is -0.481 e. The molecule has 0 bridgehead atoms. The molecule has 0 radical (unpaired) electrons. The van der Waals surface area contributed by atoms with Crippen LogP contribution in [0.15, 0.2) is 6.07 Å². The highest BCUT2D eigenvalue weighted by atomic mass is 35.5. The van der Waals surface area contributed by atoms with Crippen molar-refractivity contribution in [3.05, 3.63) is 17.4 Å². The first-order valence-corrected chi connectivity index (χ1v) is 8.88. The van der Waals surface area contributed by atoms with Crippen molar-refractivity contribution < 1.29 is 49.4 Å². The summed E-state index contributed by atoms with van der Waals surface area (Å²) in [5.74, 6) is -15.5. The van der Waals surface area contributed by atoms with Gasteiger partial charge in [-0.15, -0.1) is 12.4 Å². The van der Waals surface area contributed by atoms with Crippen LogP contribution < -0.4 is 14.8 Å². The third kappa shape index (κ3) is 5.82. The summed E-state index contributed by atoms with van der Waals surface area (Å²) in [5, 5.41) is 2.98. The number of hydrogen-bond acceptors (Lipinski definition) is 5. The summed E-state index contributed by atoms with van der Waals surface area (Å²) in [7, 11) is 2.49. The highest BCUT2D eigenvalue weighted by Crippen LogP contribution is 2.46. The fourth-order valence-electron chi connectivity index (χ4n) is 2.84. The Labute approximate surface area is 183 Å². The molecule has 1 aliphatic rings. The van der Waals surface area contributed by atoms with Gasteiger partial charge in [-0.2, -0.15) is 35.7 Å². The van der Waals surface area contributed by atoms with Crippen molar-refractivity contribution in [2.75, 3.05) is 27.3 Å². The zero-order valence-electron chi connectivity index (χ0n) is 16.7. The van der Waals surface area contributed by atoms with E-state index in [1.54, 1.807) is 0 Å². The highest BCUT2D eigenvalue weighted by molar-refractivity contribution is 5.85. The van der Waals surface area contributed by atoms with Gasteiger partial charge in [0.05, 0.1) is 19.7 Å². The third-order valence-electron chi connectivity index (χ3n) is 4.52. The summed E-state index contributed by atoms with van der Waals surface area (Å²) in [6.45, 7) is -2.03. The van der Waals surface area contributed by atoms with Gasteiger partial charge in [0.1, 0.15) is 0 Å². The van der Waals surface area contributed by atoms with Crippen LogP contribution in [0.3, 0.4) is 0 Å². The predicted molar refractivity (Wildman–Crippen MR) is 96.9 cm³/mol. The maximum absolute atomic E-state index is 14.2. The Balaban J connectivity index is 0.00000512. The van der Waals surface area contributed by atoms with Gasteiger partial charge in [-0.3, -0.25) is 4.79 Å². The van der Waals surface area contributed by atoms with E-state index in [0.717, 1.165) is 13.5 Å². The molecule has 1 N–H and O–H groups in total. The summed E-state index contributed by atoms with van der Waals surface area (Å²) < 4.78 is 112. The summed E-state index contributed by atoms with van der Waals surface area (Å²) in [5.41, 5.74) is -0.00595. The number of nitrogens with zero attached hydrogens (tertiary/aromatic N) is 2. The molecule has 0 spiro atoms. The topological polar surface area (TPSA) is 63.7 Å². The second-order valence-corrected chi connectivity index (χ2v) is 6.85. The molecule has 1 fully saturated rings. The van der Waals surface area contributed by atoms with Gasteiger partial charge in [-0.05, 0) is 25.5 Å². The van der Waals surface area contributed by atoms with Crippen molar-refractivity contribution in [1.82, 2.24) is 15.2 Å². The van der Waals surface area contributed by atoms with E-state index in [1.807, 2.05) is 0 Å². The van der Waals surface area contributed by atoms with E-state index >= 15 is 0 Å². The van der Waals surface area contributed by atoms with Crippen LogP contribution in [0.5, 0.6) is 11.8 Å². The van der Waals surface area contributed by atoms with Gasteiger partial charge in [0.2, 0.25) is 11.8 Å². The first kappa shape index (κ1) is 27.9. The maximum Gasteiger partial charge on any atom is 0.460 e. The average molecular weight is 502 g/mol. The van der Waals surface area contributed by atoms with E-state index in [1.165, 1.54) is 11.9 Å². The van der Waals surface area contributed by atoms with Gasteiger partial charge in [-0.1, -0.05) is 0 Å². The lowest BCUT2D eigenvalue weighted by molar-refractivity contribution is -0.358. The number of methoxy groups -OCH3 is 1. The fraction of sp³-hybridized carbons (Fsp3) is 0.647. The number of aromatic nitrogens is 1. The molecule has 1 aromatic rings. The number of nitrogens with one attached hydrogen (secondary N) is 1. The van der Waals surface area contributed by atoms with Crippen LogP contribution >= 0.6 is 12.4 Å². The van der Waals surface area contributed by atoms with Crippen LogP contribution in [-0.4, -0.2) is 67.2 Å². The molecule has 1 amide bonds. The van der Waals surface area contributed by atoms with Crippen LogP contribution in [0.2, 0.25) is 0 Å². The minimum absolute atomic E-state index is 0. The normalized spacial score (nSPS) is 17.0. The summed E-state index contributed by atoms with van der Waals surface area (Å²) >= 11 is 0. The molecule has 15 heteroatoms. The molecule has 0 aliphatic carbocycles. The Morgan fingerprint density at radius 2 is 1.84 bits per heavy atom. The molecule has 1 saturated heterocycles. The second-order valence-electron chi connectivity index (χ2n) is 6.85. The van der Waals surface area contributed by atoms with Crippen molar-refractivity contribution in [2.24, 2.45) is 0 Å². The molecular formula is C17H20ClF8N3O3. The van der Waals surface area contributed by atoms with Gasteiger partial charge in [0.25, 0.3) is 5.88 Å². The molecule has 6 nitrogen and oxygen atoms in total. The maximum atomic E-state index is 14.2. The van der Waals surface area contributed by atoms with E-state index < -0.39 is 42.4 Å². The Hall–Kier alpha value is -2.09. The van der Waals surface area contributed by atoms with E-state index in [9.17, 15) is 39.9 Å². The molecule has 1 atom stereocenters. The summed E-state index contributed by atoms with van der Waals surface area (Å²) in [6.07, 6.45) is -5.14. The molecule has 0 saturated carbocycles. The largest absolute Gasteiger partial charge is 0.481 e. The number of alkyl halides is 7. The summed E-state index contributed by atoms with van der Waals surface area (Å²) in [4.78, 5) is 17.0. The number of carbonyl (C=O) groups is 1. The molecule has 1 aromatic heterocycles. The zero-order chi connectivity index (χ0) is 23.6. The number of carbonyl (C=O) groups excluding carboxylic acids is 1. The molecule has 1 unspecified atom stereocenters. The van der Waals surface area contributed by atoms with Gasteiger partial charge < -0.3 is 19.7 Å². The highest BCUT2D eigenvalue weighted by Gasteiger charge is 2.73. The van der Waals surface area contributed by atoms with Gasteiger partial charge in [0.15, 0.2) is 12.4 Å². The Morgan fingerprint density at radius 3 is 2.34 bits per heavy atom. The smallest absolute Gasteiger partial charge is 0.460 e.